The molecule has 0 aliphatic carbocycles. The predicted molar refractivity (Wildman–Crippen MR) is 98.9 cm³/mol. The van der Waals surface area contributed by atoms with Crippen molar-refractivity contribution in [1.29, 1.82) is 5.26 Å². The number of benzene rings is 1. The Morgan fingerprint density at radius 3 is 2.66 bits per heavy atom. The molecule has 3 aliphatic rings. The maximum absolute atomic E-state index is 13.6. The van der Waals surface area contributed by atoms with Crippen LogP contribution in [0.15, 0.2) is 28.8 Å². The second kappa shape index (κ2) is 6.47. The van der Waals surface area contributed by atoms with Crippen molar-refractivity contribution in [3.8, 4) is 6.07 Å². The largest absolute Gasteiger partial charge is 0.433 e. The molecule has 9 nitrogen and oxygen atoms in total. The van der Waals surface area contributed by atoms with E-state index in [1.54, 1.807) is 6.92 Å². The molecule has 5 rings (SSSR count). The highest BCUT2D eigenvalue weighted by Gasteiger charge is 2.73. The summed E-state index contributed by atoms with van der Waals surface area (Å²) in [5, 5.41) is 12.7. The number of nitrogens with zero attached hydrogens (tertiary/aromatic N) is 5. The van der Waals surface area contributed by atoms with Crippen LogP contribution in [-0.4, -0.2) is 64.1 Å². The number of rotatable bonds is 3. The summed E-state index contributed by atoms with van der Waals surface area (Å²) < 4.78 is 44.7. The van der Waals surface area contributed by atoms with Crippen molar-refractivity contribution in [2.45, 2.75) is 25.2 Å². The van der Waals surface area contributed by atoms with Crippen LogP contribution in [0.5, 0.6) is 0 Å². The molecule has 1 spiro atoms. The Hall–Kier alpha value is -3.56. The molecule has 3 fully saturated rings. The Balaban J connectivity index is 1.57. The number of alkyl halides is 3. The minimum absolute atomic E-state index is 0.0314. The molecule has 4 atom stereocenters. The minimum Gasteiger partial charge on any atom is -0.361 e. The summed E-state index contributed by atoms with van der Waals surface area (Å²) in [6, 6.07) is 2.99. The first kappa shape index (κ1) is 20.3. The van der Waals surface area contributed by atoms with E-state index in [1.807, 2.05) is 4.90 Å². The normalized spacial score (nSPS) is 28.8. The average molecular weight is 446 g/mol. The van der Waals surface area contributed by atoms with Gasteiger partial charge in [0.15, 0.2) is 17.8 Å². The van der Waals surface area contributed by atoms with Crippen LogP contribution in [0.25, 0.3) is 0 Å². The van der Waals surface area contributed by atoms with Crippen LogP contribution < -0.4 is 4.90 Å². The summed E-state index contributed by atoms with van der Waals surface area (Å²) in [4.78, 5) is 42.4. The smallest absolute Gasteiger partial charge is 0.361 e. The first-order valence-electron chi connectivity index (χ1n) is 9.65. The summed E-state index contributed by atoms with van der Waals surface area (Å²) in [6.45, 7) is 2.14. The zero-order valence-corrected chi connectivity index (χ0v) is 16.6. The monoisotopic (exact) mass is 446 g/mol. The molecular formula is C20H15F3N5O4+. The molecule has 0 saturated carbocycles. The Labute approximate surface area is 178 Å². The number of hydrogen-bond donors (Lipinski definition) is 0. The van der Waals surface area contributed by atoms with Crippen LogP contribution in [0.2, 0.25) is 0 Å². The predicted octanol–water partition coefficient (Wildman–Crippen LogP) is 2.06. The maximum Gasteiger partial charge on any atom is 0.433 e. The number of piperazine rings is 1. The SMILES string of the molecule is Cc1cc(C(=O)C2CN3CC4C(=O)N(c5ccc(C#N)c(C(F)(F)F)c5)C(=O)[N+]24C3)no1. The number of halogens is 3. The molecule has 0 radical (unpaired) electrons. The highest BCUT2D eigenvalue weighted by molar-refractivity contribution is 6.19. The highest BCUT2D eigenvalue weighted by atomic mass is 19.4. The van der Waals surface area contributed by atoms with Crippen molar-refractivity contribution in [2.24, 2.45) is 0 Å². The third-order valence-electron chi connectivity index (χ3n) is 6.33. The topological polar surface area (TPSA) is 108 Å². The van der Waals surface area contributed by atoms with E-state index in [2.05, 4.69) is 5.16 Å². The molecule has 4 unspecified atom stereocenters. The lowest BCUT2D eigenvalue weighted by Crippen LogP contribution is -2.62. The first-order chi connectivity index (χ1) is 15.1. The number of amides is 3. The van der Waals surface area contributed by atoms with E-state index in [0.717, 1.165) is 12.1 Å². The van der Waals surface area contributed by atoms with E-state index in [0.29, 0.717) is 16.7 Å². The number of carbonyl (C=O) groups is 3. The molecule has 0 N–H and O–H groups in total. The van der Waals surface area contributed by atoms with Crippen LogP contribution in [0, 0.1) is 18.3 Å². The van der Waals surface area contributed by atoms with Crippen molar-refractivity contribution in [1.82, 2.24) is 10.1 Å². The first-order valence-corrected chi connectivity index (χ1v) is 9.65. The number of carbonyl (C=O) groups excluding carboxylic acids is 3. The number of aryl methyl sites for hydroxylation is 1. The molecule has 4 heterocycles. The molecule has 2 aromatic rings. The lowest BCUT2D eigenvalue weighted by molar-refractivity contribution is -0.852. The fraction of sp³-hybridized carbons (Fsp3) is 0.350. The summed E-state index contributed by atoms with van der Waals surface area (Å²) >= 11 is 0. The van der Waals surface area contributed by atoms with Gasteiger partial charge in [0.1, 0.15) is 12.4 Å². The highest BCUT2D eigenvalue weighted by Crippen LogP contribution is 2.45. The van der Waals surface area contributed by atoms with Crippen molar-refractivity contribution in [3.63, 3.8) is 0 Å². The standard InChI is InChI=1S/C20H15F3N5O4/c1-10-4-14(25-32-10)17(29)15-7-26-8-16-18(30)27(19(31)28(15,16)9-26)12-3-2-11(6-24)13(5-12)20(21,22)23/h2-5,15-16H,7-9H2,1H3/q+1. The molecule has 32 heavy (non-hydrogen) atoms. The number of imide groups is 1. The van der Waals surface area contributed by atoms with Gasteiger partial charge in [-0.2, -0.15) is 23.3 Å². The quantitative estimate of drug-likeness (QED) is 0.404. The van der Waals surface area contributed by atoms with Crippen molar-refractivity contribution in [2.75, 3.05) is 24.7 Å². The van der Waals surface area contributed by atoms with Crippen LogP contribution in [0.3, 0.4) is 0 Å². The van der Waals surface area contributed by atoms with E-state index in [-0.39, 0.29) is 31.1 Å². The Morgan fingerprint density at radius 2 is 2.03 bits per heavy atom. The van der Waals surface area contributed by atoms with E-state index >= 15 is 0 Å². The number of fused-ring (bicyclic) bond motifs is 1. The van der Waals surface area contributed by atoms with Crippen molar-refractivity contribution >= 4 is 23.4 Å². The number of hydrogen-bond acceptors (Lipinski definition) is 7. The Kier molecular flexibility index (Phi) is 4.12. The van der Waals surface area contributed by atoms with E-state index in [9.17, 15) is 27.6 Å². The van der Waals surface area contributed by atoms with E-state index in [4.69, 9.17) is 9.78 Å². The van der Waals surface area contributed by atoms with Gasteiger partial charge in [0.2, 0.25) is 5.78 Å². The second-order valence-electron chi connectivity index (χ2n) is 8.12. The number of anilines is 1. The number of ketones is 1. The van der Waals surface area contributed by atoms with Gasteiger partial charge >= 0.3 is 12.2 Å². The van der Waals surface area contributed by atoms with Crippen LogP contribution in [0.4, 0.5) is 23.7 Å². The molecule has 164 valence electrons. The van der Waals surface area contributed by atoms with Gasteiger partial charge in [0.05, 0.1) is 36.0 Å². The molecule has 12 heteroatoms. The second-order valence-corrected chi connectivity index (χ2v) is 8.12. The zero-order chi connectivity index (χ0) is 23.0. The minimum atomic E-state index is -4.84. The third kappa shape index (κ3) is 2.58. The zero-order valence-electron chi connectivity index (χ0n) is 16.6. The number of nitriles is 1. The van der Waals surface area contributed by atoms with Gasteiger partial charge in [-0.25, -0.2) is 14.2 Å². The summed E-state index contributed by atoms with van der Waals surface area (Å²) in [5.41, 5.74) is -2.10. The van der Waals surface area contributed by atoms with Crippen molar-refractivity contribution < 1.29 is 36.6 Å². The van der Waals surface area contributed by atoms with Crippen LogP contribution >= 0.6 is 0 Å². The van der Waals surface area contributed by atoms with Gasteiger partial charge in [0.25, 0.3) is 5.91 Å². The Bertz CT molecular complexity index is 1230. The van der Waals surface area contributed by atoms with Gasteiger partial charge in [-0.05, 0) is 25.1 Å². The van der Waals surface area contributed by atoms with E-state index in [1.165, 1.54) is 12.1 Å². The molecular weight excluding hydrogens is 431 g/mol. The summed E-state index contributed by atoms with van der Waals surface area (Å²) in [6.07, 6.45) is -4.84. The number of Topliss-reactive ketones (excluding diaryl/α,β-unsaturated/α-hetero) is 1. The number of aromatic nitrogens is 1. The van der Waals surface area contributed by atoms with Gasteiger partial charge in [0, 0.05) is 6.07 Å². The van der Waals surface area contributed by atoms with Gasteiger partial charge in [-0.1, -0.05) is 5.16 Å². The molecule has 1 aromatic heterocycles. The molecule has 2 bridgehead atoms. The summed E-state index contributed by atoms with van der Waals surface area (Å²) in [5.74, 6) is -0.733. The van der Waals surface area contributed by atoms with Crippen molar-refractivity contribution in [3.05, 3.63) is 46.8 Å². The third-order valence-corrected chi connectivity index (χ3v) is 6.33. The number of urea groups is 1. The lowest BCUT2D eigenvalue weighted by Gasteiger charge is -2.32. The van der Waals surface area contributed by atoms with Gasteiger partial charge in [-0.3, -0.25) is 9.59 Å². The lowest BCUT2D eigenvalue weighted by atomic mass is 10.0. The Morgan fingerprint density at radius 1 is 1.28 bits per heavy atom. The van der Waals surface area contributed by atoms with Gasteiger partial charge < -0.3 is 4.52 Å². The average Bonchev–Trinajstić information content (AvgIpc) is 3.49. The van der Waals surface area contributed by atoms with Crippen LogP contribution in [-0.2, 0) is 11.0 Å². The fourth-order valence-corrected chi connectivity index (χ4v) is 4.93. The molecule has 1 aromatic carbocycles. The summed E-state index contributed by atoms with van der Waals surface area (Å²) in [7, 11) is 0. The van der Waals surface area contributed by atoms with E-state index < -0.39 is 51.6 Å². The van der Waals surface area contributed by atoms with Gasteiger partial charge in [-0.15, -0.1) is 0 Å². The molecule has 3 saturated heterocycles. The maximum atomic E-state index is 13.6. The van der Waals surface area contributed by atoms with Crippen LogP contribution in [0.1, 0.15) is 27.4 Å². The molecule has 3 amide bonds. The number of quaternary nitrogens is 1. The fourth-order valence-electron chi connectivity index (χ4n) is 4.93. The molecule has 3 aliphatic heterocycles.